The van der Waals surface area contributed by atoms with Crippen molar-refractivity contribution in [3.05, 3.63) is 34.7 Å². The molecule has 0 radical (unpaired) electrons. The van der Waals surface area contributed by atoms with Gasteiger partial charge in [-0.05, 0) is 54.9 Å². The molecule has 0 unspecified atom stereocenters. The molecule has 2 saturated heterocycles. The van der Waals surface area contributed by atoms with E-state index in [1.807, 2.05) is 18.2 Å². The molecule has 7 heteroatoms. The van der Waals surface area contributed by atoms with Crippen LogP contribution in [-0.2, 0) is 9.59 Å². The van der Waals surface area contributed by atoms with Crippen molar-refractivity contribution in [2.45, 2.75) is 57.8 Å². The normalized spacial score (nSPS) is 22.2. The van der Waals surface area contributed by atoms with Gasteiger partial charge < -0.3 is 10.0 Å². The van der Waals surface area contributed by atoms with Crippen LogP contribution in [0.5, 0.6) is 0 Å². The van der Waals surface area contributed by atoms with E-state index in [-0.39, 0.29) is 18.9 Å². The predicted molar refractivity (Wildman–Crippen MR) is 135 cm³/mol. The molecule has 1 aromatic carbocycles. The smallest absolute Gasteiger partial charge is 0.305 e. The molecule has 1 amide bonds. The molecular weight excluding hydrogens is 440 g/mol. The summed E-state index contributed by atoms with van der Waals surface area (Å²) in [5.74, 6) is 0.718. The summed E-state index contributed by atoms with van der Waals surface area (Å²) in [6, 6.07) is 8.37. The number of carboxylic acid groups (broad SMARTS) is 1. The zero-order valence-electron chi connectivity index (χ0n) is 18.5. The minimum atomic E-state index is -0.934. The van der Waals surface area contributed by atoms with Gasteiger partial charge in [-0.3, -0.25) is 14.5 Å². The Morgan fingerprint density at radius 2 is 1.72 bits per heavy atom. The van der Waals surface area contributed by atoms with Gasteiger partial charge in [-0.15, -0.1) is 0 Å². The first-order valence-corrected chi connectivity index (χ1v) is 13.0. The Morgan fingerprint density at radius 1 is 1.06 bits per heavy atom. The number of hydrogen-bond donors (Lipinski definition) is 1. The lowest BCUT2D eigenvalue weighted by Gasteiger charge is -2.35. The third kappa shape index (κ3) is 5.93. The van der Waals surface area contributed by atoms with E-state index in [1.54, 1.807) is 0 Å². The van der Waals surface area contributed by atoms with E-state index in [1.165, 1.54) is 73.7 Å². The Balaban J connectivity index is 1.30. The van der Waals surface area contributed by atoms with E-state index in [2.05, 4.69) is 17.0 Å². The molecule has 1 N–H and O–H groups in total. The fourth-order valence-corrected chi connectivity index (χ4v) is 6.46. The molecule has 3 aliphatic rings. The highest BCUT2D eigenvalue weighted by Crippen LogP contribution is 2.35. The SMILES string of the molecule is O=C(O)CCN1C(=O)C(=Cc2ccc(N3CCC(CC4CCCCC4)CC3)cc2)SC1=S. The second kappa shape index (κ2) is 10.8. The van der Waals surface area contributed by atoms with E-state index in [4.69, 9.17) is 17.3 Å². The lowest BCUT2D eigenvalue weighted by atomic mass is 9.80. The number of piperidine rings is 1. The van der Waals surface area contributed by atoms with Gasteiger partial charge in [0, 0.05) is 25.3 Å². The molecular formula is C25H32N2O3S2. The number of anilines is 1. The van der Waals surface area contributed by atoms with Crippen molar-refractivity contribution < 1.29 is 14.7 Å². The van der Waals surface area contributed by atoms with Gasteiger partial charge >= 0.3 is 5.97 Å². The van der Waals surface area contributed by atoms with Crippen LogP contribution in [0.3, 0.4) is 0 Å². The number of thioether (sulfide) groups is 1. The third-order valence-electron chi connectivity index (χ3n) is 6.98. The van der Waals surface area contributed by atoms with Crippen LogP contribution in [-0.4, -0.2) is 45.8 Å². The Labute approximate surface area is 200 Å². The van der Waals surface area contributed by atoms with E-state index < -0.39 is 5.97 Å². The number of benzene rings is 1. The molecule has 32 heavy (non-hydrogen) atoms. The van der Waals surface area contributed by atoms with Crippen molar-refractivity contribution >= 4 is 51.9 Å². The average molecular weight is 473 g/mol. The van der Waals surface area contributed by atoms with Crippen molar-refractivity contribution in [3.8, 4) is 0 Å². The number of carbonyl (C=O) groups is 2. The van der Waals surface area contributed by atoms with Gasteiger partial charge in [-0.2, -0.15) is 0 Å². The van der Waals surface area contributed by atoms with Crippen LogP contribution in [0.25, 0.3) is 6.08 Å². The van der Waals surface area contributed by atoms with Crippen LogP contribution in [0.1, 0.15) is 63.4 Å². The van der Waals surface area contributed by atoms with Crippen molar-refractivity contribution in [1.29, 1.82) is 0 Å². The topological polar surface area (TPSA) is 60.9 Å². The maximum atomic E-state index is 12.6. The lowest BCUT2D eigenvalue weighted by Crippen LogP contribution is -2.34. The Kier molecular flexibility index (Phi) is 7.89. The van der Waals surface area contributed by atoms with E-state index in [0.29, 0.717) is 9.23 Å². The summed E-state index contributed by atoms with van der Waals surface area (Å²) < 4.78 is 0.426. The first-order valence-electron chi connectivity index (χ1n) is 11.8. The number of thiocarbonyl (C=S) groups is 1. The van der Waals surface area contributed by atoms with Crippen molar-refractivity contribution in [1.82, 2.24) is 4.90 Å². The molecule has 1 saturated carbocycles. The van der Waals surface area contributed by atoms with Crippen LogP contribution in [0.4, 0.5) is 5.69 Å². The summed E-state index contributed by atoms with van der Waals surface area (Å²) >= 11 is 6.50. The monoisotopic (exact) mass is 472 g/mol. The second-order valence-electron chi connectivity index (χ2n) is 9.24. The fourth-order valence-electron chi connectivity index (χ4n) is 5.15. The Hall–Kier alpha value is -1.86. The maximum absolute atomic E-state index is 12.6. The number of hydrogen-bond acceptors (Lipinski definition) is 5. The number of rotatable bonds is 7. The van der Waals surface area contributed by atoms with Gasteiger partial charge in [-0.1, -0.05) is 68.2 Å². The number of carboxylic acids is 1. The predicted octanol–water partition coefficient (Wildman–Crippen LogP) is 5.55. The van der Waals surface area contributed by atoms with Gasteiger partial charge in [0.2, 0.25) is 0 Å². The molecule has 4 rings (SSSR count). The molecule has 5 nitrogen and oxygen atoms in total. The molecule has 0 atom stereocenters. The molecule has 3 fully saturated rings. The number of nitrogens with zero attached hydrogens (tertiary/aromatic N) is 2. The maximum Gasteiger partial charge on any atom is 0.305 e. The zero-order valence-corrected chi connectivity index (χ0v) is 20.1. The summed E-state index contributed by atoms with van der Waals surface area (Å²) in [7, 11) is 0. The average Bonchev–Trinajstić information content (AvgIpc) is 3.06. The summed E-state index contributed by atoms with van der Waals surface area (Å²) in [5, 5.41) is 8.86. The highest BCUT2D eigenvalue weighted by atomic mass is 32.2. The molecule has 2 aliphatic heterocycles. The van der Waals surface area contributed by atoms with E-state index in [0.717, 1.165) is 30.5 Å². The number of aliphatic carboxylic acids is 1. The van der Waals surface area contributed by atoms with Crippen LogP contribution in [0.2, 0.25) is 0 Å². The van der Waals surface area contributed by atoms with Gasteiger partial charge in [0.1, 0.15) is 4.32 Å². The molecule has 172 valence electrons. The molecule has 0 aromatic heterocycles. The molecule has 1 aliphatic carbocycles. The summed E-state index contributed by atoms with van der Waals surface area (Å²) in [6.45, 7) is 2.37. The highest BCUT2D eigenvalue weighted by molar-refractivity contribution is 8.26. The van der Waals surface area contributed by atoms with Crippen LogP contribution < -0.4 is 4.90 Å². The number of amides is 1. The summed E-state index contributed by atoms with van der Waals surface area (Å²) in [5.41, 5.74) is 2.20. The van der Waals surface area contributed by atoms with E-state index in [9.17, 15) is 9.59 Å². The van der Waals surface area contributed by atoms with Crippen LogP contribution in [0.15, 0.2) is 29.2 Å². The van der Waals surface area contributed by atoms with Crippen molar-refractivity contribution in [2.24, 2.45) is 11.8 Å². The van der Waals surface area contributed by atoms with Crippen LogP contribution >= 0.6 is 24.0 Å². The largest absolute Gasteiger partial charge is 0.481 e. The first-order chi connectivity index (χ1) is 15.5. The van der Waals surface area contributed by atoms with Gasteiger partial charge in [0.15, 0.2) is 0 Å². The molecule has 0 spiro atoms. The molecule has 2 heterocycles. The van der Waals surface area contributed by atoms with Gasteiger partial charge in [0.25, 0.3) is 5.91 Å². The first kappa shape index (κ1) is 23.3. The molecule has 1 aromatic rings. The second-order valence-corrected chi connectivity index (χ2v) is 10.9. The Bertz CT molecular complexity index is 870. The Morgan fingerprint density at radius 3 is 2.38 bits per heavy atom. The van der Waals surface area contributed by atoms with Crippen molar-refractivity contribution in [2.75, 3.05) is 24.5 Å². The standard InChI is InChI=1S/C25H32N2O3S2/c28-23(29)12-15-27-24(30)22(32-25(27)31)17-19-6-8-21(9-7-19)26-13-10-20(11-14-26)16-18-4-2-1-3-5-18/h6-9,17-18,20H,1-5,10-16H2,(H,28,29). The lowest BCUT2D eigenvalue weighted by molar-refractivity contribution is -0.137. The quantitative estimate of drug-likeness (QED) is 0.415. The van der Waals surface area contributed by atoms with Crippen LogP contribution in [0, 0.1) is 11.8 Å². The zero-order chi connectivity index (χ0) is 22.5. The van der Waals surface area contributed by atoms with Gasteiger partial charge in [-0.25, -0.2) is 0 Å². The number of carbonyl (C=O) groups excluding carboxylic acids is 1. The van der Waals surface area contributed by atoms with E-state index >= 15 is 0 Å². The third-order valence-corrected chi connectivity index (χ3v) is 8.36. The minimum absolute atomic E-state index is 0.105. The van der Waals surface area contributed by atoms with Crippen molar-refractivity contribution in [3.63, 3.8) is 0 Å². The highest BCUT2D eigenvalue weighted by Gasteiger charge is 2.32. The summed E-state index contributed by atoms with van der Waals surface area (Å²) in [4.78, 5) is 27.8. The fraction of sp³-hybridized carbons (Fsp3) is 0.560. The van der Waals surface area contributed by atoms with Gasteiger partial charge in [0.05, 0.1) is 11.3 Å². The molecule has 0 bridgehead atoms. The summed E-state index contributed by atoms with van der Waals surface area (Å²) in [6.07, 6.45) is 12.9. The minimum Gasteiger partial charge on any atom is -0.481 e.